The molecule has 0 unspecified atom stereocenters. The van der Waals surface area contributed by atoms with Crippen molar-refractivity contribution in [1.29, 1.82) is 0 Å². The van der Waals surface area contributed by atoms with Crippen LogP contribution in [0.15, 0.2) is 24.5 Å². The number of alkyl halides is 1. The highest BCUT2D eigenvalue weighted by molar-refractivity contribution is 7.89. The number of nitrogens with one attached hydrogen (secondary N) is 1. The number of aromatic nitrogens is 1. The van der Waals surface area contributed by atoms with Crippen LogP contribution >= 0.6 is 11.6 Å². The van der Waals surface area contributed by atoms with E-state index in [2.05, 4.69) is 9.71 Å². The van der Waals surface area contributed by atoms with Crippen LogP contribution in [0.2, 0.25) is 0 Å². The van der Waals surface area contributed by atoms with Crippen LogP contribution in [0.4, 0.5) is 0 Å². The highest BCUT2D eigenvalue weighted by atomic mass is 35.5. The number of hydrogen-bond donors (Lipinski definition) is 1. The van der Waals surface area contributed by atoms with E-state index in [1.54, 1.807) is 25.4 Å². The molecule has 6 heteroatoms. The number of pyridine rings is 1. The smallest absolute Gasteiger partial charge is 0.213 e. The first kappa shape index (κ1) is 12.4. The molecule has 0 fully saturated rings. The Morgan fingerprint density at radius 3 is 2.87 bits per heavy atom. The predicted molar refractivity (Wildman–Crippen MR) is 60.3 cm³/mol. The predicted octanol–water partition coefficient (Wildman–Crippen LogP) is 1.30. The van der Waals surface area contributed by atoms with Gasteiger partial charge in [-0.2, -0.15) is 0 Å². The highest BCUT2D eigenvalue weighted by Crippen LogP contribution is 2.11. The summed E-state index contributed by atoms with van der Waals surface area (Å²) in [5.74, 6) is 0.0221. The SMILES string of the molecule is C[C@@H](NS(=O)(=O)CCCl)c1cccnc1. The minimum absolute atomic E-state index is 0.0703. The monoisotopic (exact) mass is 248 g/mol. The third kappa shape index (κ3) is 4.15. The van der Waals surface area contributed by atoms with Crippen molar-refractivity contribution in [2.75, 3.05) is 11.6 Å². The van der Waals surface area contributed by atoms with E-state index < -0.39 is 10.0 Å². The van der Waals surface area contributed by atoms with Gasteiger partial charge in [0, 0.05) is 24.3 Å². The summed E-state index contributed by atoms with van der Waals surface area (Å²) in [5.41, 5.74) is 0.829. The van der Waals surface area contributed by atoms with Gasteiger partial charge in [-0.3, -0.25) is 4.98 Å². The Morgan fingerprint density at radius 2 is 2.33 bits per heavy atom. The lowest BCUT2D eigenvalue weighted by Gasteiger charge is -2.13. The summed E-state index contributed by atoms with van der Waals surface area (Å²) in [6, 6.07) is 3.30. The molecule has 1 aromatic heterocycles. The van der Waals surface area contributed by atoms with Crippen LogP contribution in [-0.4, -0.2) is 25.0 Å². The molecular weight excluding hydrogens is 236 g/mol. The summed E-state index contributed by atoms with van der Waals surface area (Å²) in [6.07, 6.45) is 3.28. The fourth-order valence-corrected chi connectivity index (χ4v) is 2.74. The van der Waals surface area contributed by atoms with Gasteiger partial charge in [0.25, 0.3) is 0 Å². The van der Waals surface area contributed by atoms with Gasteiger partial charge in [-0.1, -0.05) is 6.07 Å². The minimum Gasteiger partial charge on any atom is -0.264 e. The average Bonchev–Trinajstić information content (AvgIpc) is 2.18. The Labute approximate surface area is 94.7 Å². The second-order valence-electron chi connectivity index (χ2n) is 3.13. The molecule has 0 bridgehead atoms. The standard InChI is InChI=1S/C9H13ClN2O2S/c1-8(9-3-2-5-11-7-9)12-15(13,14)6-4-10/h2-3,5,7-8,12H,4,6H2,1H3/t8-/m1/s1. The molecular formula is C9H13ClN2O2S. The van der Waals surface area contributed by atoms with Gasteiger partial charge in [0.2, 0.25) is 10.0 Å². The maximum Gasteiger partial charge on any atom is 0.213 e. The summed E-state index contributed by atoms with van der Waals surface area (Å²) in [4.78, 5) is 3.92. The quantitative estimate of drug-likeness (QED) is 0.799. The molecule has 1 N–H and O–H groups in total. The zero-order valence-electron chi connectivity index (χ0n) is 8.35. The average molecular weight is 249 g/mol. The van der Waals surface area contributed by atoms with Gasteiger partial charge in [0.05, 0.1) is 5.75 Å². The number of halogens is 1. The Morgan fingerprint density at radius 1 is 1.60 bits per heavy atom. The molecule has 1 aromatic rings. The van der Waals surface area contributed by atoms with E-state index in [1.165, 1.54) is 0 Å². The van der Waals surface area contributed by atoms with Crippen molar-refractivity contribution in [2.24, 2.45) is 0 Å². The van der Waals surface area contributed by atoms with Crippen molar-refractivity contribution in [3.8, 4) is 0 Å². The lowest BCUT2D eigenvalue weighted by molar-refractivity contribution is 0.568. The topological polar surface area (TPSA) is 59.1 Å². The second kappa shape index (κ2) is 5.44. The molecule has 1 atom stereocenters. The van der Waals surface area contributed by atoms with Crippen LogP contribution in [0.5, 0.6) is 0 Å². The molecule has 4 nitrogen and oxygen atoms in total. The zero-order chi connectivity index (χ0) is 11.3. The fraction of sp³-hybridized carbons (Fsp3) is 0.444. The van der Waals surface area contributed by atoms with Gasteiger partial charge >= 0.3 is 0 Å². The number of rotatable bonds is 5. The summed E-state index contributed by atoms with van der Waals surface area (Å²) in [7, 11) is -3.29. The van der Waals surface area contributed by atoms with E-state index in [0.29, 0.717) is 0 Å². The molecule has 0 aliphatic heterocycles. The van der Waals surface area contributed by atoms with E-state index >= 15 is 0 Å². The van der Waals surface area contributed by atoms with Crippen molar-refractivity contribution in [3.05, 3.63) is 30.1 Å². The molecule has 0 aliphatic rings. The third-order valence-electron chi connectivity index (χ3n) is 1.89. The van der Waals surface area contributed by atoms with Crippen molar-refractivity contribution in [1.82, 2.24) is 9.71 Å². The molecule has 0 saturated carbocycles. The van der Waals surface area contributed by atoms with E-state index in [-0.39, 0.29) is 17.7 Å². The molecule has 0 aromatic carbocycles. The van der Waals surface area contributed by atoms with Gasteiger partial charge in [0.15, 0.2) is 0 Å². The molecule has 0 aliphatic carbocycles. The van der Waals surface area contributed by atoms with Crippen LogP contribution in [0.3, 0.4) is 0 Å². The van der Waals surface area contributed by atoms with E-state index in [0.717, 1.165) is 5.56 Å². The van der Waals surface area contributed by atoms with Gasteiger partial charge in [-0.05, 0) is 18.6 Å². The molecule has 1 heterocycles. The lowest BCUT2D eigenvalue weighted by atomic mass is 10.2. The number of nitrogens with zero attached hydrogens (tertiary/aromatic N) is 1. The Bertz CT molecular complexity index is 394. The number of hydrogen-bond acceptors (Lipinski definition) is 3. The first-order valence-electron chi connectivity index (χ1n) is 4.51. The summed E-state index contributed by atoms with van der Waals surface area (Å²) in [6.45, 7) is 1.77. The van der Waals surface area contributed by atoms with Crippen LogP contribution in [0, 0.1) is 0 Å². The van der Waals surface area contributed by atoms with Crippen LogP contribution in [0.1, 0.15) is 18.5 Å². The van der Waals surface area contributed by atoms with E-state index in [9.17, 15) is 8.42 Å². The van der Waals surface area contributed by atoms with Gasteiger partial charge < -0.3 is 0 Å². The maximum absolute atomic E-state index is 11.4. The number of sulfonamides is 1. The first-order valence-corrected chi connectivity index (χ1v) is 6.70. The second-order valence-corrected chi connectivity index (χ2v) is 5.39. The third-order valence-corrected chi connectivity index (χ3v) is 3.75. The summed E-state index contributed by atoms with van der Waals surface area (Å²) >= 11 is 5.38. The van der Waals surface area contributed by atoms with E-state index in [1.807, 2.05) is 6.07 Å². The van der Waals surface area contributed by atoms with Gasteiger partial charge in [-0.15, -0.1) is 11.6 Å². The first-order chi connectivity index (χ1) is 7.05. The van der Waals surface area contributed by atoms with Crippen molar-refractivity contribution < 1.29 is 8.42 Å². The molecule has 84 valence electrons. The lowest BCUT2D eigenvalue weighted by Crippen LogP contribution is -2.29. The normalized spacial score (nSPS) is 13.7. The van der Waals surface area contributed by atoms with Crippen LogP contribution in [-0.2, 0) is 10.0 Å². The summed E-state index contributed by atoms with van der Waals surface area (Å²) in [5, 5.41) is 0. The van der Waals surface area contributed by atoms with Gasteiger partial charge in [-0.25, -0.2) is 13.1 Å². The summed E-state index contributed by atoms with van der Waals surface area (Å²) < 4.78 is 25.3. The Hall–Kier alpha value is -0.650. The highest BCUT2D eigenvalue weighted by Gasteiger charge is 2.14. The molecule has 15 heavy (non-hydrogen) atoms. The Balaban J connectivity index is 2.68. The molecule has 0 amide bonds. The fourth-order valence-electron chi connectivity index (χ4n) is 1.13. The Kier molecular flexibility index (Phi) is 4.50. The molecule has 0 spiro atoms. The van der Waals surface area contributed by atoms with Crippen molar-refractivity contribution in [2.45, 2.75) is 13.0 Å². The molecule has 0 radical (unpaired) electrons. The van der Waals surface area contributed by atoms with Crippen molar-refractivity contribution in [3.63, 3.8) is 0 Å². The zero-order valence-corrected chi connectivity index (χ0v) is 9.92. The maximum atomic E-state index is 11.4. The minimum atomic E-state index is -3.29. The molecule has 1 rings (SSSR count). The van der Waals surface area contributed by atoms with Crippen LogP contribution in [0.25, 0.3) is 0 Å². The molecule has 0 saturated heterocycles. The van der Waals surface area contributed by atoms with E-state index in [4.69, 9.17) is 11.6 Å². The van der Waals surface area contributed by atoms with Gasteiger partial charge in [0.1, 0.15) is 0 Å². The van der Waals surface area contributed by atoms with Crippen LogP contribution < -0.4 is 4.72 Å². The largest absolute Gasteiger partial charge is 0.264 e. The van der Waals surface area contributed by atoms with Crippen molar-refractivity contribution >= 4 is 21.6 Å².